The van der Waals surface area contributed by atoms with Crippen LogP contribution in [0.2, 0.25) is 0 Å². The summed E-state index contributed by atoms with van der Waals surface area (Å²) >= 11 is 1.64. The molecule has 2 heterocycles. The topological polar surface area (TPSA) is 93.2 Å². The molecule has 2 aliphatic rings. The monoisotopic (exact) mass is 380 g/mol. The van der Waals surface area contributed by atoms with Crippen molar-refractivity contribution >= 4 is 33.9 Å². The number of amides is 2. The minimum Gasteiger partial charge on any atom is -0.444 e. The molecule has 2 aliphatic heterocycles. The van der Waals surface area contributed by atoms with Crippen molar-refractivity contribution in [1.82, 2.24) is 9.80 Å². The summed E-state index contributed by atoms with van der Waals surface area (Å²) in [5, 5.41) is 0. The Balaban J connectivity index is 2.15. The lowest BCUT2D eigenvalue weighted by Crippen LogP contribution is -2.48. The Labute approximate surface area is 146 Å². The minimum absolute atomic E-state index is 0.0133. The fourth-order valence-electron chi connectivity index (χ4n) is 2.67. The van der Waals surface area contributed by atoms with Gasteiger partial charge in [0.05, 0.1) is 24.8 Å². The number of hydrogen-bond acceptors (Lipinski definition) is 7. The highest BCUT2D eigenvalue weighted by molar-refractivity contribution is 7.99. The lowest BCUT2D eigenvalue weighted by molar-refractivity contribution is -0.134. The van der Waals surface area contributed by atoms with E-state index in [1.165, 1.54) is 4.90 Å². The fraction of sp³-hybridized carbons (Fsp3) is 0.857. The summed E-state index contributed by atoms with van der Waals surface area (Å²) in [6.07, 6.45) is -0.271. The summed E-state index contributed by atoms with van der Waals surface area (Å²) in [6.45, 7) is 5.84. The predicted molar refractivity (Wildman–Crippen MR) is 90.1 cm³/mol. The minimum atomic E-state index is -3.67. The lowest BCUT2D eigenvalue weighted by atomic mass is 10.1. The van der Waals surface area contributed by atoms with E-state index >= 15 is 0 Å². The van der Waals surface area contributed by atoms with Crippen molar-refractivity contribution in [2.45, 2.75) is 44.9 Å². The molecule has 2 fully saturated rings. The number of ether oxygens (including phenoxy) is 1. The number of nitrogens with zero attached hydrogens (tertiary/aromatic N) is 2. The van der Waals surface area contributed by atoms with Crippen LogP contribution in [-0.4, -0.2) is 78.9 Å². The van der Waals surface area contributed by atoms with Crippen molar-refractivity contribution in [3.63, 3.8) is 0 Å². The van der Waals surface area contributed by atoms with Crippen LogP contribution in [0.5, 0.6) is 0 Å². The van der Waals surface area contributed by atoms with Crippen LogP contribution >= 0.6 is 11.8 Å². The Morgan fingerprint density at radius 2 is 1.92 bits per heavy atom. The van der Waals surface area contributed by atoms with E-state index in [1.807, 2.05) is 0 Å². The highest BCUT2D eigenvalue weighted by Gasteiger charge is 2.44. The maximum absolute atomic E-state index is 12.7. The summed E-state index contributed by atoms with van der Waals surface area (Å²) < 4.78 is 33.1. The van der Waals surface area contributed by atoms with E-state index in [1.54, 1.807) is 37.4 Å². The average molecular weight is 380 g/mol. The van der Waals surface area contributed by atoms with Crippen LogP contribution in [0.25, 0.3) is 0 Å². The first kappa shape index (κ1) is 19.3. The van der Waals surface area contributed by atoms with Crippen molar-refractivity contribution in [2.75, 3.05) is 31.0 Å². The third-order valence-electron chi connectivity index (χ3n) is 3.55. The molecule has 0 N–H and O–H groups in total. The quantitative estimate of drug-likeness (QED) is 0.671. The van der Waals surface area contributed by atoms with E-state index in [0.29, 0.717) is 12.4 Å². The van der Waals surface area contributed by atoms with Gasteiger partial charge in [-0.3, -0.25) is 13.9 Å². The van der Waals surface area contributed by atoms with Crippen LogP contribution in [0.4, 0.5) is 4.79 Å². The van der Waals surface area contributed by atoms with E-state index in [2.05, 4.69) is 0 Å². The van der Waals surface area contributed by atoms with E-state index in [4.69, 9.17) is 8.92 Å². The Kier molecular flexibility index (Phi) is 5.71. The molecule has 2 amide bonds. The number of carbonyl (C=O) groups excluding carboxylic acids is 2. The van der Waals surface area contributed by atoms with Crippen LogP contribution in [0.15, 0.2) is 0 Å². The van der Waals surface area contributed by atoms with Crippen molar-refractivity contribution in [3.8, 4) is 0 Å². The Morgan fingerprint density at radius 3 is 2.42 bits per heavy atom. The molecule has 8 nitrogen and oxygen atoms in total. The first-order valence-electron chi connectivity index (χ1n) is 7.71. The Hall–Kier alpha value is -1.00. The van der Waals surface area contributed by atoms with Gasteiger partial charge in [0.2, 0.25) is 5.91 Å². The number of carbonyl (C=O) groups is 2. The summed E-state index contributed by atoms with van der Waals surface area (Å²) in [6, 6.07) is -0.759. The second kappa shape index (κ2) is 7.09. The van der Waals surface area contributed by atoms with E-state index in [-0.39, 0.29) is 18.9 Å². The first-order valence-corrected chi connectivity index (χ1v) is 10.7. The summed E-state index contributed by atoms with van der Waals surface area (Å²) in [5.74, 6) is 1.24. The Bertz CT molecular complexity index is 595. The van der Waals surface area contributed by atoms with Crippen LogP contribution in [-0.2, 0) is 23.8 Å². The summed E-state index contributed by atoms with van der Waals surface area (Å²) in [5.41, 5.74) is -0.704. The van der Waals surface area contributed by atoms with Gasteiger partial charge in [0.15, 0.2) is 0 Å². The number of thioether (sulfide) groups is 1. The molecule has 0 aliphatic carbocycles. The molecule has 0 radical (unpaired) electrons. The molecule has 0 spiro atoms. The normalized spacial score (nSPS) is 25.2. The number of hydrogen-bond donors (Lipinski definition) is 0. The summed E-state index contributed by atoms with van der Waals surface area (Å²) in [4.78, 5) is 28.1. The molecule has 24 heavy (non-hydrogen) atoms. The van der Waals surface area contributed by atoms with E-state index < -0.39 is 34.0 Å². The zero-order chi connectivity index (χ0) is 18.1. The third kappa shape index (κ3) is 5.25. The van der Waals surface area contributed by atoms with Crippen LogP contribution < -0.4 is 0 Å². The SMILES string of the molecule is CC(C)(C)OC(=O)N1C[C@@H](OS(C)(=O)=O)C[C@H]1C(=O)N1CCSC1. The molecular weight excluding hydrogens is 356 g/mol. The average Bonchev–Trinajstić information content (AvgIpc) is 3.02. The molecule has 10 heteroatoms. The lowest BCUT2D eigenvalue weighted by Gasteiger charge is -2.29. The smallest absolute Gasteiger partial charge is 0.411 e. The standard InChI is InChI=1S/C14H24N2O6S2/c1-14(2,3)21-13(18)16-8-10(22-24(4,19)20)7-11(16)12(17)15-5-6-23-9-15/h10-11H,5-9H2,1-4H3/t10-,11-/m0/s1. The van der Waals surface area contributed by atoms with Gasteiger partial charge in [0.1, 0.15) is 11.6 Å². The molecule has 0 saturated carbocycles. The molecule has 138 valence electrons. The molecule has 0 unspecified atom stereocenters. The zero-order valence-corrected chi connectivity index (χ0v) is 16.0. The molecule has 2 rings (SSSR count). The van der Waals surface area contributed by atoms with Crippen LogP contribution in [0.3, 0.4) is 0 Å². The molecule has 0 aromatic rings. The molecule has 0 bridgehead atoms. The van der Waals surface area contributed by atoms with Crippen LogP contribution in [0, 0.1) is 0 Å². The second-order valence-corrected chi connectivity index (χ2v) is 9.62. The van der Waals surface area contributed by atoms with Crippen molar-refractivity contribution in [2.24, 2.45) is 0 Å². The highest BCUT2D eigenvalue weighted by atomic mass is 32.2. The number of rotatable bonds is 3. The highest BCUT2D eigenvalue weighted by Crippen LogP contribution is 2.27. The van der Waals surface area contributed by atoms with Crippen molar-refractivity contribution in [3.05, 3.63) is 0 Å². The van der Waals surface area contributed by atoms with Gasteiger partial charge in [-0.2, -0.15) is 8.42 Å². The third-order valence-corrected chi connectivity index (χ3v) is 5.14. The molecule has 0 aromatic heterocycles. The van der Waals surface area contributed by atoms with Gasteiger partial charge in [-0.1, -0.05) is 0 Å². The summed E-state index contributed by atoms with van der Waals surface area (Å²) in [7, 11) is -3.67. The number of likely N-dealkylation sites (tertiary alicyclic amines) is 1. The molecule has 2 saturated heterocycles. The fourth-order valence-corrected chi connectivity index (χ4v) is 4.26. The van der Waals surface area contributed by atoms with Gasteiger partial charge >= 0.3 is 6.09 Å². The maximum Gasteiger partial charge on any atom is 0.411 e. The first-order chi connectivity index (χ1) is 11.0. The van der Waals surface area contributed by atoms with Gasteiger partial charge in [-0.05, 0) is 20.8 Å². The second-order valence-electron chi connectivity index (χ2n) is 6.95. The van der Waals surface area contributed by atoms with Crippen LogP contribution in [0.1, 0.15) is 27.2 Å². The maximum atomic E-state index is 12.7. The van der Waals surface area contributed by atoms with E-state index in [9.17, 15) is 18.0 Å². The van der Waals surface area contributed by atoms with Gasteiger partial charge < -0.3 is 9.64 Å². The van der Waals surface area contributed by atoms with Crippen molar-refractivity contribution in [1.29, 1.82) is 0 Å². The van der Waals surface area contributed by atoms with E-state index in [0.717, 1.165) is 12.0 Å². The van der Waals surface area contributed by atoms with Gasteiger partial charge in [-0.25, -0.2) is 4.79 Å². The molecular formula is C14H24N2O6S2. The molecule has 2 atom stereocenters. The van der Waals surface area contributed by atoms with Crippen molar-refractivity contribution < 1.29 is 26.9 Å². The predicted octanol–water partition coefficient (Wildman–Crippen LogP) is 0.873. The van der Waals surface area contributed by atoms with Gasteiger partial charge in [-0.15, -0.1) is 11.8 Å². The largest absolute Gasteiger partial charge is 0.444 e. The molecule has 0 aromatic carbocycles. The van der Waals surface area contributed by atoms with Gasteiger partial charge in [0, 0.05) is 18.7 Å². The zero-order valence-electron chi connectivity index (χ0n) is 14.4. The Morgan fingerprint density at radius 1 is 1.25 bits per heavy atom. The van der Waals surface area contributed by atoms with Gasteiger partial charge in [0.25, 0.3) is 10.1 Å².